The maximum atomic E-state index is 14.3. The molecule has 6 heteroatoms. The molecule has 0 spiro atoms. The van der Waals surface area contributed by atoms with Gasteiger partial charge in [0.15, 0.2) is 5.82 Å². The normalized spacial score (nSPS) is 12.5. The summed E-state index contributed by atoms with van der Waals surface area (Å²) < 4.78 is 19.4. The van der Waals surface area contributed by atoms with Gasteiger partial charge in [0.05, 0.1) is 23.7 Å². The summed E-state index contributed by atoms with van der Waals surface area (Å²) in [6, 6.07) is 1.61. The fourth-order valence-electron chi connectivity index (χ4n) is 1.91. The van der Waals surface area contributed by atoms with Crippen LogP contribution in [-0.4, -0.2) is 26.3 Å². The zero-order chi connectivity index (χ0) is 14.6. The molecule has 0 radical (unpaired) electrons. The molecule has 1 rings (SSSR count). The quantitative estimate of drug-likeness (QED) is 0.791. The molecule has 0 heterocycles. The van der Waals surface area contributed by atoms with Crippen molar-refractivity contribution in [2.75, 3.05) is 36.6 Å². The molecule has 19 heavy (non-hydrogen) atoms. The molecule has 0 aromatic heterocycles. The van der Waals surface area contributed by atoms with Gasteiger partial charge in [-0.25, -0.2) is 4.39 Å². The van der Waals surface area contributed by atoms with Crippen molar-refractivity contribution in [3.8, 4) is 0 Å². The summed E-state index contributed by atoms with van der Waals surface area (Å²) in [5, 5.41) is -0.0880. The molecular weight excluding hydrogens is 269 g/mol. The van der Waals surface area contributed by atoms with Crippen molar-refractivity contribution in [1.82, 2.24) is 0 Å². The second-order valence-electron chi connectivity index (χ2n) is 4.48. The molecule has 1 aromatic rings. The highest BCUT2D eigenvalue weighted by molar-refractivity contribution is 6.33. The van der Waals surface area contributed by atoms with Gasteiger partial charge in [-0.05, 0) is 19.4 Å². The average Bonchev–Trinajstić information content (AvgIpc) is 2.39. The number of methoxy groups -OCH3 is 1. The maximum Gasteiger partial charge on any atom is 0.169 e. The van der Waals surface area contributed by atoms with Crippen LogP contribution in [0.4, 0.5) is 21.5 Å². The summed E-state index contributed by atoms with van der Waals surface area (Å²) in [5.41, 5.74) is 12.2. The Bertz CT molecular complexity index is 442. The monoisotopic (exact) mass is 289 g/mol. The molecule has 4 nitrogen and oxygen atoms in total. The lowest BCUT2D eigenvalue weighted by molar-refractivity contribution is 0.203. The summed E-state index contributed by atoms with van der Waals surface area (Å²) in [6.07, 6.45) is 0.852. The van der Waals surface area contributed by atoms with Crippen LogP contribution in [0.25, 0.3) is 0 Å². The minimum atomic E-state index is -0.574. The summed E-state index contributed by atoms with van der Waals surface area (Å²) in [5.74, 6) is -0.574. The largest absolute Gasteiger partial charge is 0.397 e. The van der Waals surface area contributed by atoms with Gasteiger partial charge in [-0.3, -0.25) is 0 Å². The number of nitrogen functional groups attached to an aromatic ring is 2. The van der Waals surface area contributed by atoms with Gasteiger partial charge in [0, 0.05) is 19.7 Å². The average molecular weight is 290 g/mol. The molecular formula is C13H21ClFN3O. The summed E-state index contributed by atoms with van der Waals surface area (Å²) >= 11 is 5.87. The van der Waals surface area contributed by atoms with E-state index in [9.17, 15) is 4.39 Å². The molecule has 1 atom stereocenters. The second-order valence-corrected chi connectivity index (χ2v) is 4.85. The third-order valence-electron chi connectivity index (χ3n) is 3.18. The zero-order valence-corrected chi connectivity index (χ0v) is 12.3. The van der Waals surface area contributed by atoms with Gasteiger partial charge in [-0.2, -0.15) is 0 Å². The number of benzene rings is 1. The first kappa shape index (κ1) is 15.9. The number of halogens is 2. The van der Waals surface area contributed by atoms with Crippen LogP contribution in [0.5, 0.6) is 0 Å². The Morgan fingerprint density at radius 1 is 1.42 bits per heavy atom. The van der Waals surface area contributed by atoms with E-state index < -0.39 is 5.82 Å². The molecule has 0 saturated heterocycles. The van der Waals surface area contributed by atoms with Gasteiger partial charge in [0.1, 0.15) is 5.02 Å². The van der Waals surface area contributed by atoms with E-state index in [0.29, 0.717) is 18.8 Å². The Morgan fingerprint density at radius 3 is 2.58 bits per heavy atom. The molecule has 0 bridgehead atoms. The lowest BCUT2D eigenvalue weighted by atomic mass is 10.1. The van der Waals surface area contributed by atoms with Crippen LogP contribution in [-0.2, 0) is 4.74 Å². The summed E-state index contributed by atoms with van der Waals surface area (Å²) in [7, 11) is 1.60. The van der Waals surface area contributed by atoms with Crippen LogP contribution in [0, 0.1) is 5.82 Å². The van der Waals surface area contributed by atoms with Crippen LogP contribution >= 0.6 is 11.6 Å². The summed E-state index contributed by atoms with van der Waals surface area (Å²) in [6.45, 7) is 5.04. The van der Waals surface area contributed by atoms with Crippen LogP contribution in [0.2, 0.25) is 5.02 Å². The number of anilines is 3. The lowest BCUT2D eigenvalue weighted by Gasteiger charge is -2.32. The molecule has 1 aromatic carbocycles. The smallest absolute Gasteiger partial charge is 0.169 e. The molecule has 4 N–H and O–H groups in total. The SMILES string of the molecule is CCC(C)N(CCOC)c1c(N)cc(N)c(Cl)c1F. The highest BCUT2D eigenvalue weighted by Gasteiger charge is 2.22. The van der Waals surface area contributed by atoms with Crippen LogP contribution in [0.1, 0.15) is 20.3 Å². The van der Waals surface area contributed by atoms with Crippen molar-refractivity contribution in [2.45, 2.75) is 26.3 Å². The Hall–Kier alpha value is -1.20. The highest BCUT2D eigenvalue weighted by atomic mass is 35.5. The minimum absolute atomic E-state index is 0.0880. The molecule has 0 aliphatic rings. The second kappa shape index (κ2) is 6.82. The first-order chi connectivity index (χ1) is 8.93. The van der Waals surface area contributed by atoms with Crippen LogP contribution < -0.4 is 16.4 Å². The van der Waals surface area contributed by atoms with E-state index in [1.54, 1.807) is 7.11 Å². The van der Waals surface area contributed by atoms with E-state index in [1.165, 1.54) is 6.07 Å². The first-order valence-electron chi connectivity index (χ1n) is 6.22. The van der Waals surface area contributed by atoms with E-state index in [0.717, 1.165) is 6.42 Å². The topological polar surface area (TPSA) is 64.5 Å². The molecule has 0 saturated carbocycles. The molecule has 108 valence electrons. The van der Waals surface area contributed by atoms with Crippen molar-refractivity contribution in [3.05, 3.63) is 16.9 Å². The fourth-order valence-corrected chi connectivity index (χ4v) is 2.06. The first-order valence-corrected chi connectivity index (χ1v) is 6.60. The van der Waals surface area contributed by atoms with E-state index in [2.05, 4.69) is 0 Å². The highest BCUT2D eigenvalue weighted by Crippen LogP contribution is 2.37. The number of nitrogens with two attached hydrogens (primary N) is 2. The number of ether oxygens (including phenoxy) is 1. The van der Waals surface area contributed by atoms with Gasteiger partial charge in [-0.15, -0.1) is 0 Å². The van der Waals surface area contributed by atoms with E-state index in [-0.39, 0.29) is 22.4 Å². The molecule has 0 fully saturated rings. The standard InChI is InChI=1S/C13H21ClFN3O/c1-4-8(2)18(5-6-19-3)13-10(17)7-9(16)11(14)12(13)15/h7-8H,4-6,16-17H2,1-3H3. The van der Waals surface area contributed by atoms with E-state index >= 15 is 0 Å². The predicted molar refractivity (Wildman–Crippen MR) is 79.2 cm³/mol. The van der Waals surface area contributed by atoms with Crippen LogP contribution in [0.15, 0.2) is 6.07 Å². The third kappa shape index (κ3) is 3.42. The van der Waals surface area contributed by atoms with Crippen molar-refractivity contribution < 1.29 is 9.13 Å². The van der Waals surface area contributed by atoms with Crippen LogP contribution in [0.3, 0.4) is 0 Å². The van der Waals surface area contributed by atoms with Crippen molar-refractivity contribution in [1.29, 1.82) is 0 Å². The van der Waals surface area contributed by atoms with Crippen molar-refractivity contribution in [2.24, 2.45) is 0 Å². The Morgan fingerprint density at radius 2 is 2.05 bits per heavy atom. The molecule has 0 aliphatic carbocycles. The molecule has 0 amide bonds. The van der Waals surface area contributed by atoms with Gasteiger partial charge >= 0.3 is 0 Å². The summed E-state index contributed by atoms with van der Waals surface area (Å²) in [4.78, 5) is 1.86. The minimum Gasteiger partial charge on any atom is -0.397 e. The molecule has 0 aliphatic heterocycles. The van der Waals surface area contributed by atoms with Gasteiger partial charge in [-0.1, -0.05) is 18.5 Å². The Kier molecular flexibility index (Phi) is 5.69. The predicted octanol–water partition coefficient (Wildman–Crippen LogP) is 2.89. The number of hydrogen-bond donors (Lipinski definition) is 2. The van der Waals surface area contributed by atoms with E-state index in [1.807, 2.05) is 18.7 Å². The zero-order valence-electron chi connectivity index (χ0n) is 11.5. The number of rotatable bonds is 6. The van der Waals surface area contributed by atoms with Crippen molar-refractivity contribution in [3.63, 3.8) is 0 Å². The van der Waals surface area contributed by atoms with Crippen molar-refractivity contribution >= 4 is 28.7 Å². The third-order valence-corrected chi connectivity index (χ3v) is 3.57. The van der Waals surface area contributed by atoms with Gasteiger partial charge in [0.25, 0.3) is 0 Å². The van der Waals surface area contributed by atoms with Gasteiger partial charge in [0.2, 0.25) is 0 Å². The molecule has 1 unspecified atom stereocenters. The van der Waals surface area contributed by atoms with Gasteiger partial charge < -0.3 is 21.1 Å². The Balaban J connectivity index is 3.25. The number of hydrogen-bond acceptors (Lipinski definition) is 4. The van der Waals surface area contributed by atoms with E-state index in [4.69, 9.17) is 27.8 Å². The fraction of sp³-hybridized carbons (Fsp3) is 0.538. The maximum absolute atomic E-state index is 14.3. The number of nitrogens with zero attached hydrogens (tertiary/aromatic N) is 1. The lowest BCUT2D eigenvalue weighted by Crippen LogP contribution is -2.36. The Labute approximate surface area is 118 Å².